The Kier molecular flexibility index (Phi) is 4.90. The maximum absolute atomic E-state index is 11.9. The van der Waals surface area contributed by atoms with Crippen molar-refractivity contribution in [1.82, 2.24) is 0 Å². The second-order valence-corrected chi connectivity index (χ2v) is 4.86. The van der Waals surface area contributed by atoms with Gasteiger partial charge in [0.15, 0.2) is 0 Å². The van der Waals surface area contributed by atoms with Gasteiger partial charge >= 0.3 is 11.9 Å². The second-order valence-electron chi connectivity index (χ2n) is 3.88. The van der Waals surface area contributed by atoms with E-state index in [-0.39, 0.29) is 4.83 Å². The molecule has 5 heteroatoms. The topological polar surface area (TPSA) is 52.6 Å². The molecule has 0 heterocycles. The Balaban J connectivity index is 3.23. The number of carbonyl (C=O) groups excluding carboxylic acids is 2. The normalized spacial score (nSPS) is 26.2. The molecule has 0 saturated carbocycles. The Hall–Kier alpha value is -1.36. The quantitative estimate of drug-likeness (QED) is 0.453. The van der Waals surface area contributed by atoms with Crippen LogP contribution in [0.15, 0.2) is 36.5 Å². The molecule has 0 N–H and O–H groups in total. The van der Waals surface area contributed by atoms with Gasteiger partial charge in [-0.1, -0.05) is 40.2 Å². The molecule has 18 heavy (non-hydrogen) atoms. The van der Waals surface area contributed by atoms with Crippen molar-refractivity contribution in [3.8, 4) is 0 Å². The smallest absolute Gasteiger partial charge is 0.334 e. The molecule has 98 valence electrons. The van der Waals surface area contributed by atoms with E-state index >= 15 is 0 Å². The minimum Gasteiger partial charge on any atom is -0.468 e. The summed E-state index contributed by atoms with van der Waals surface area (Å²) in [7, 11) is 2.61. The molecule has 2 atom stereocenters. The first-order valence-corrected chi connectivity index (χ1v) is 6.26. The molecule has 0 spiro atoms. The maximum atomic E-state index is 11.9. The van der Waals surface area contributed by atoms with Crippen molar-refractivity contribution in [3.05, 3.63) is 36.5 Å². The van der Waals surface area contributed by atoms with Crippen LogP contribution in [0.3, 0.4) is 0 Å². The number of carbonyl (C=O) groups is 2. The SMILES string of the molecule is C=CCC1(C(=O)OC)C=CC(Br)C(C(=O)OC)=C1. The minimum atomic E-state index is -0.982. The van der Waals surface area contributed by atoms with E-state index in [1.54, 1.807) is 24.3 Å². The van der Waals surface area contributed by atoms with Gasteiger partial charge in [0.25, 0.3) is 0 Å². The third kappa shape index (κ3) is 2.72. The Labute approximate surface area is 114 Å². The predicted molar refractivity (Wildman–Crippen MR) is 71.2 cm³/mol. The van der Waals surface area contributed by atoms with Gasteiger partial charge in [0.1, 0.15) is 5.41 Å². The fourth-order valence-electron chi connectivity index (χ4n) is 1.82. The highest BCUT2D eigenvalue weighted by Crippen LogP contribution is 2.36. The van der Waals surface area contributed by atoms with Gasteiger partial charge < -0.3 is 9.47 Å². The number of hydrogen-bond donors (Lipinski definition) is 0. The summed E-state index contributed by atoms with van der Waals surface area (Å²) < 4.78 is 9.49. The zero-order chi connectivity index (χ0) is 13.8. The average molecular weight is 315 g/mol. The van der Waals surface area contributed by atoms with E-state index in [2.05, 4.69) is 22.5 Å². The Morgan fingerprint density at radius 3 is 2.67 bits per heavy atom. The van der Waals surface area contributed by atoms with Gasteiger partial charge in [-0.3, -0.25) is 4.79 Å². The number of alkyl halides is 1. The Bertz CT molecular complexity index is 425. The molecule has 0 bridgehead atoms. The number of methoxy groups -OCH3 is 2. The third-order valence-electron chi connectivity index (χ3n) is 2.74. The lowest BCUT2D eigenvalue weighted by molar-refractivity contribution is -0.147. The number of rotatable bonds is 4. The first-order chi connectivity index (χ1) is 8.50. The summed E-state index contributed by atoms with van der Waals surface area (Å²) in [5, 5.41) is 0. The van der Waals surface area contributed by atoms with E-state index in [4.69, 9.17) is 9.47 Å². The van der Waals surface area contributed by atoms with Crippen molar-refractivity contribution in [2.75, 3.05) is 14.2 Å². The molecule has 0 amide bonds. The first-order valence-electron chi connectivity index (χ1n) is 5.34. The van der Waals surface area contributed by atoms with Gasteiger partial charge in [-0.15, -0.1) is 6.58 Å². The van der Waals surface area contributed by atoms with Crippen molar-refractivity contribution in [3.63, 3.8) is 0 Å². The summed E-state index contributed by atoms with van der Waals surface area (Å²) in [5.74, 6) is -0.905. The molecule has 4 nitrogen and oxygen atoms in total. The van der Waals surface area contributed by atoms with Gasteiger partial charge in [0.05, 0.1) is 24.6 Å². The maximum Gasteiger partial charge on any atom is 0.334 e. The molecule has 0 fully saturated rings. The fraction of sp³-hybridized carbons (Fsp3) is 0.385. The third-order valence-corrected chi connectivity index (χ3v) is 3.54. The highest BCUT2D eigenvalue weighted by Gasteiger charge is 2.39. The molecule has 1 rings (SSSR count). The van der Waals surface area contributed by atoms with Crippen molar-refractivity contribution in [2.24, 2.45) is 5.41 Å². The monoisotopic (exact) mass is 314 g/mol. The van der Waals surface area contributed by atoms with Crippen LogP contribution < -0.4 is 0 Å². The highest BCUT2D eigenvalue weighted by molar-refractivity contribution is 9.09. The van der Waals surface area contributed by atoms with Crippen LogP contribution in [0.25, 0.3) is 0 Å². The van der Waals surface area contributed by atoms with E-state index < -0.39 is 17.4 Å². The minimum absolute atomic E-state index is 0.271. The molecular weight excluding hydrogens is 300 g/mol. The van der Waals surface area contributed by atoms with E-state index in [1.807, 2.05) is 0 Å². The number of hydrogen-bond acceptors (Lipinski definition) is 4. The number of allylic oxidation sites excluding steroid dienone is 2. The van der Waals surface area contributed by atoms with Gasteiger partial charge in [0, 0.05) is 0 Å². The van der Waals surface area contributed by atoms with Gasteiger partial charge in [0.2, 0.25) is 0 Å². The number of halogens is 1. The van der Waals surface area contributed by atoms with Crippen molar-refractivity contribution < 1.29 is 19.1 Å². The lowest BCUT2D eigenvalue weighted by Gasteiger charge is -2.28. The summed E-state index contributed by atoms with van der Waals surface area (Å²) in [5.41, 5.74) is -0.600. The molecule has 0 aromatic rings. The highest BCUT2D eigenvalue weighted by atomic mass is 79.9. The standard InChI is InChI=1S/C13H15BrO4/c1-4-6-13(12(16)18-3)7-5-10(14)9(8-13)11(15)17-2/h4-5,7-8,10H,1,6H2,2-3H3. The lowest BCUT2D eigenvalue weighted by Crippen LogP contribution is -2.33. The van der Waals surface area contributed by atoms with Crippen LogP contribution >= 0.6 is 15.9 Å². The van der Waals surface area contributed by atoms with Gasteiger partial charge in [-0.05, 0) is 6.42 Å². The fourth-order valence-corrected chi connectivity index (χ4v) is 2.29. The summed E-state index contributed by atoms with van der Waals surface area (Å²) in [6.07, 6.45) is 6.99. The number of ether oxygens (including phenoxy) is 2. The van der Waals surface area contributed by atoms with Crippen molar-refractivity contribution in [2.45, 2.75) is 11.2 Å². The van der Waals surface area contributed by atoms with Gasteiger partial charge in [-0.2, -0.15) is 0 Å². The molecule has 0 saturated heterocycles. The molecule has 1 aliphatic rings. The van der Waals surface area contributed by atoms with E-state index in [1.165, 1.54) is 14.2 Å². The van der Waals surface area contributed by atoms with Crippen LogP contribution in [0, 0.1) is 5.41 Å². The van der Waals surface area contributed by atoms with Crippen LogP contribution in [0.4, 0.5) is 0 Å². The summed E-state index contributed by atoms with van der Waals surface area (Å²) in [6, 6.07) is 0. The summed E-state index contributed by atoms with van der Waals surface area (Å²) >= 11 is 3.34. The average Bonchev–Trinajstić information content (AvgIpc) is 2.39. The van der Waals surface area contributed by atoms with Crippen LogP contribution in [-0.4, -0.2) is 31.0 Å². The molecule has 0 aromatic heterocycles. The second kappa shape index (κ2) is 6.00. The zero-order valence-electron chi connectivity index (χ0n) is 10.3. The first kappa shape index (κ1) is 14.7. The van der Waals surface area contributed by atoms with Gasteiger partial charge in [-0.25, -0.2) is 4.79 Å². The van der Waals surface area contributed by atoms with Crippen LogP contribution in [0.2, 0.25) is 0 Å². The van der Waals surface area contributed by atoms with E-state index in [9.17, 15) is 9.59 Å². The summed E-state index contributed by atoms with van der Waals surface area (Å²) in [4.78, 5) is 23.3. The Morgan fingerprint density at radius 2 is 2.17 bits per heavy atom. The van der Waals surface area contributed by atoms with E-state index in [0.717, 1.165) is 0 Å². The predicted octanol–water partition coefficient (Wildman–Crippen LogP) is 2.15. The van der Waals surface area contributed by atoms with Crippen molar-refractivity contribution in [1.29, 1.82) is 0 Å². The van der Waals surface area contributed by atoms with Crippen LogP contribution in [0.1, 0.15) is 6.42 Å². The molecule has 0 radical (unpaired) electrons. The zero-order valence-corrected chi connectivity index (χ0v) is 11.9. The number of esters is 2. The van der Waals surface area contributed by atoms with Crippen LogP contribution in [0.5, 0.6) is 0 Å². The van der Waals surface area contributed by atoms with E-state index in [0.29, 0.717) is 12.0 Å². The lowest BCUT2D eigenvalue weighted by atomic mass is 9.78. The molecule has 2 unspecified atom stereocenters. The molecular formula is C13H15BrO4. The largest absolute Gasteiger partial charge is 0.468 e. The Morgan fingerprint density at radius 1 is 1.50 bits per heavy atom. The van der Waals surface area contributed by atoms with Crippen LogP contribution in [-0.2, 0) is 19.1 Å². The summed E-state index contributed by atoms with van der Waals surface area (Å²) in [6.45, 7) is 3.63. The van der Waals surface area contributed by atoms with Crippen molar-refractivity contribution >= 4 is 27.9 Å². The molecule has 1 aliphatic carbocycles. The molecule has 0 aromatic carbocycles. The molecule has 0 aliphatic heterocycles.